The predicted molar refractivity (Wildman–Crippen MR) is 126 cm³/mol. The van der Waals surface area contributed by atoms with Gasteiger partial charge in [-0.2, -0.15) is 5.26 Å². The third kappa shape index (κ3) is 6.06. The Kier molecular flexibility index (Phi) is 7.66. The predicted octanol–water partition coefficient (Wildman–Crippen LogP) is 4.54. The minimum Gasteiger partial charge on any atom is -0.344 e. The van der Waals surface area contributed by atoms with Gasteiger partial charge in [0.15, 0.2) is 5.13 Å². The Morgan fingerprint density at radius 2 is 1.94 bits per heavy atom. The van der Waals surface area contributed by atoms with Gasteiger partial charge in [0.05, 0.1) is 28.1 Å². The fourth-order valence-electron chi connectivity index (χ4n) is 3.14. The third-order valence-corrected chi connectivity index (χ3v) is 7.00. The first-order valence-corrected chi connectivity index (χ1v) is 11.7. The van der Waals surface area contributed by atoms with Crippen LogP contribution in [0.1, 0.15) is 25.1 Å². The highest BCUT2D eigenvalue weighted by Crippen LogP contribution is 2.31. The first-order chi connectivity index (χ1) is 14.9. The second-order valence-electron chi connectivity index (χ2n) is 7.48. The highest BCUT2D eigenvalue weighted by atomic mass is 32.2. The summed E-state index contributed by atoms with van der Waals surface area (Å²) in [5, 5.41) is 17.1. The molecule has 1 aromatic heterocycles. The summed E-state index contributed by atoms with van der Waals surface area (Å²) in [6, 6.07) is 15.3. The largest absolute Gasteiger partial charge is 0.344 e. The van der Waals surface area contributed by atoms with Crippen LogP contribution in [0, 0.1) is 24.2 Å². The smallest absolute Gasteiger partial charge is 0.248 e. The van der Waals surface area contributed by atoms with Crippen LogP contribution in [0.5, 0.6) is 0 Å². The average molecular weight is 453 g/mol. The van der Waals surface area contributed by atoms with Gasteiger partial charge >= 0.3 is 0 Å². The number of thioether (sulfide) groups is 1. The quantitative estimate of drug-likeness (QED) is 0.489. The minimum absolute atomic E-state index is 0.0888. The normalized spacial score (nSPS) is 11.8. The number of fused-ring (bicyclic) bond motifs is 1. The van der Waals surface area contributed by atoms with Crippen molar-refractivity contribution in [1.82, 2.24) is 10.3 Å². The fraction of sp³-hybridized carbons (Fsp3) is 0.304. The van der Waals surface area contributed by atoms with Gasteiger partial charge in [0.25, 0.3) is 0 Å². The van der Waals surface area contributed by atoms with Gasteiger partial charge in [-0.25, -0.2) is 4.98 Å². The highest BCUT2D eigenvalue weighted by Gasteiger charge is 2.25. The van der Waals surface area contributed by atoms with Crippen molar-refractivity contribution in [3.8, 4) is 6.07 Å². The minimum atomic E-state index is -0.674. The van der Waals surface area contributed by atoms with E-state index >= 15 is 0 Å². The van der Waals surface area contributed by atoms with Crippen LogP contribution in [-0.4, -0.2) is 28.6 Å². The number of nitrogens with zero attached hydrogens (tertiary/aromatic N) is 2. The van der Waals surface area contributed by atoms with Crippen LogP contribution in [0.15, 0.2) is 46.7 Å². The summed E-state index contributed by atoms with van der Waals surface area (Å²) < 4.78 is 0.901. The van der Waals surface area contributed by atoms with E-state index in [1.54, 1.807) is 0 Å². The van der Waals surface area contributed by atoms with Crippen molar-refractivity contribution in [2.45, 2.75) is 37.4 Å². The molecule has 8 heteroatoms. The molecule has 0 saturated heterocycles. The Bertz CT molecular complexity index is 1130. The molecule has 0 aliphatic rings. The average Bonchev–Trinajstić information content (AvgIpc) is 3.08. The SMILES string of the molecule is Cc1nc(NC(=O)C(NC(=O)Cc2ccc3ccccc3c2)C(C)C)sc1SCC#N. The molecule has 0 aliphatic heterocycles. The number of amides is 2. The molecule has 0 spiro atoms. The Balaban J connectivity index is 1.64. The molecule has 0 radical (unpaired) electrons. The summed E-state index contributed by atoms with van der Waals surface area (Å²) >= 11 is 2.73. The molecular weight excluding hydrogens is 428 g/mol. The molecule has 1 atom stereocenters. The van der Waals surface area contributed by atoms with Crippen LogP contribution in [0.2, 0.25) is 0 Å². The number of rotatable bonds is 8. The Morgan fingerprint density at radius 3 is 2.65 bits per heavy atom. The number of aromatic nitrogens is 1. The van der Waals surface area contributed by atoms with E-state index in [1.807, 2.05) is 63.2 Å². The number of thiazole rings is 1. The summed E-state index contributed by atoms with van der Waals surface area (Å²) in [6.45, 7) is 5.63. The van der Waals surface area contributed by atoms with E-state index < -0.39 is 6.04 Å². The van der Waals surface area contributed by atoms with Crippen molar-refractivity contribution >= 4 is 50.8 Å². The molecule has 3 rings (SSSR count). The first-order valence-electron chi connectivity index (χ1n) is 9.92. The van der Waals surface area contributed by atoms with Crippen molar-refractivity contribution < 1.29 is 9.59 Å². The third-order valence-electron chi connectivity index (χ3n) is 4.70. The van der Waals surface area contributed by atoms with E-state index in [4.69, 9.17) is 5.26 Å². The highest BCUT2D eigenvalue weighted by molar-refractivity contribution is 8.01. The Labute approximate surface area is 190 Å². The molecule has 0 saturated carbocycles. The molecule has 3 aromatic rings. The van der Waals surface area contributed by atoms with Gasteiger partial charge in [-0.3, -0.25) is 9.59 Å². The van der Waals surface area contributed by atoms with E-state index in [2.05, 4.69) is 21.7 Å². The van der Waals surface area contributed by atoms with Gasteiger partial charge in [0.2, 0.25) is 11.8 Å². The number of hydrogen-bond donors (Lipinski definition) is 2. The maximum absolute atomic E-state index is 12.8. The first kappa shape index (κ1) is 22.8. The van der Waals surface area contributed by atoms with Crippen LogP contribution < -0.4 is 10.6 Å². The topological polar surface area (TPSA) is 94.9 Å². The number of benzene rings is 2. The van der Waals surface area contributed by atoms with Crippen molar-refractivity contribution in [3.63, 3.8) is 0 Å². The van der Waals surface area contributed by atoms with Gasteiger partial charge in [0, 0.05) is 0 Å². The van der Waals surface area contributed by atoms with Crippen molar-refractivity contribution in [1.29, 1.82) is 5.26 Å². The maximum Gasteiger partial charge on any atom is 0.248 e. The lowest BCUT2D eigenvalue weighted by Gasteiger charge is -2.21. The van der Waals surface area contributed by atoms with Crippen molar-refractivity contribution in [2.75, 3.05) is 11.1 Å². The molecule has 160 valence electrons. The maximum atomic E-state index is 12.8. The lowest BCUT2D eigenvalue weighted by atomic mass is 10.0. The summed E-state index contributed by atoms with van der Waals surface area (Å²) in [5.41, 5.74) is 1.68. The summed E-state index contributed by atoms with van der Waals surface area (Å²) in [6.07, 6.45) is 0.201. The van der Waals surface area contributed by atoms with E-state index in [0.29, 0.717) is 10.9 Å². The van der Waals surface area contributed by atoms with Crippen molar-refractivity contribution in [3.05, 3.63) is 53.7 Å². The number of nitrogens with one attached hydrogen (secondary N) is 2. The zero-order valence-electron chi connectivity index (χ0n) is 17.6. The van der Waals surface area contributed by atoms with Crippen LogP contribution in [0.4, 0.5) is 5.13 Å². The van der Waals surface area contributed by atoms with Gasteiger partial charge in [-0.1, -0.05) is 79.4 Å². The molecular formula is C23H24N4O2S2. The van der Waals surface area contributed by atoms with Crippen LogP contribution in [0.3, 0.4) is 0 Å². The summed E-state index contributed by atoms with van der Waals surface area (Å²) in [4.78, 5) is 29.9. The van der Waals surface area contributed by atoms with Crippen LogP contribution in [0.25, 0.3) is 10.8 Å². The molecule has 0 aliphatic carbocycles. The van der Waals surface area contributed by atoms with Gasteiger partial charge in [-0.15, -0.1) is 0 Å². The molecule has 31 heavy (non-hydrogen) atoms. The molecule has 0 fully saturated rings. The second-order valence-corrected chi connectivity index (χ2v) is 9.72. The van der Waals surface area contributed by atoms with E-state index in [0.717, 1.165) is 26.2 Å². The van der Waals surface area contributed by atoms with E-state index in [9.17, 15) is 9.59 Å². The van der Waals surface area contributed by atoms with Crippen LogP contribution in [-0.2, 0) is 16.0 Å². The van der Waals surface area contributed by atoms with E-state index in [1.165, 1.54) is 23.1 Å². The number of anilines is 1. The van der Waals surface area contributed by atoms with Crippen LogP contribution >= 0.6 is 23.1 Å². The molecule has 1 unspecified atom stereocenters. The van der Waals surface area contributed by atoms with E-state index in [-0.39, 0.29) is 24.2 Å². The fourth-order valence-corrected chi connectivity index (χ4v) is 4.95. The Morgan fingerprint density at radius 1 is 1.19 bits per heavy atom. The molecule has 2 N–H and O–H groups in total. The second kappa shape index (κ2) is 10.4. The molecule has 6 nitrogen and oxygen atoms in total. The zero-order valence-corrected chi connectivity index (χ0v) is 19.3. The summed E-state index contributed by atoms with van der Waals surface area (Å²) in [5.74, 6) is -0.262. The van der Waals surface area contributed by atoms with Crippen molar-refractivity contribution in [2.24, 2.45) is 5.92 Å². The standard InChI is InChI=1S/C23H24N4O2S2/c1-14(2)20(21(29)27-23-25-15(3)22(31-23)30-11-10-24)26-19(28)13-16-8-9-17-6-4-5-7-18(17)12-16/h4-9,12,14,20H,11,13H2,1-3H3,(H,26,28)(H,25,27,29). The van der Waals surface area contributed by atoms with Gasteiger partial charge in [0.1, 0.15) is 6.04 Å². The molecule has 2 aromatic carbocycles. The zero-order chi connectivity index (χ0) is 22.4. The number of hydrogen-bond acceptors (Lipinski definition) is 6. The van der Waals surface area contributed by atoms with Gasteiger partial charge in [-0.05, 0) is 29.2 Å². The monoisotopic (exact) mass is 452 g/mol. The summed E-state index contributed by atoms with van der Waals surface area (Å²) in [7, 11) is 0. The Hall–Kier alpha value is -2.89. The number of carbonyl (C=O) groups is 2. The van der Waals surface area contributed by atoms with Gasteiger partial charge < -0.3 is 10.6 Å². The molecule has 0 bridgehead atoms. The molecule has 1 heterocycles. The molecule has 2 amide bonds. The lowest BCUT2D eigenvalue weighted by molar-refractivity contribution is -0.127. The number of nitriles is 1. The lowest BCUT2D eigenvalue weighted by Crippen LogP contribution is -2.47. The number of carbonyl (C=O) groups excluding carboxylic acids is 2. The number of aryl methyl sites for hydroxylation is 1.